The van der Waals surface area contributed by atoms with Gasteiger partial charge in [-0.25, -0.2) is 5.32 Å². The molecule has 0 amide bonds. The van der Waals surface area contributed by atoms with Crippen LogP contribution in [0.5, 0.6) is 5.75 Å². The van der Waals surface area contributed by atoms with E-state index >= 15 is 0 Å². The molecule has 1 saturated heterocycles. The number of alkyl halides is 3. The van der Waals surface area contributed by atoms with Gasteiger partial charge in [-0.2, -0.15) is 13.2 Å². The van der Waals surface area contributed by atoms with Crippen LogP contribution in [0.15, 0.2) is 24.3 Å². The van der Waals surface area contributed by atoms with Crippen molar-refractivity contribution in [3.63, 3.8) is 0 Å². The normalized spacial score (nSPS) is 16.7. The molecule has 18 heavy (non-hydrogen) atoms. The third-order valence-electron chi connectivity index (χ3n) is 2.66. The highest BCUT2D eigenvalue weighted by molar-refractivity contribution is 5.49. The van der Waals surface area contributed by atoms with Crippen LogP contribution in [0.25, 0.3) is 0 Å². The molecule has 0 unspecified atom stereocenters. The maximum Gasteiger partial charge on any atom is 0.422 e. The predicted molar refractivity (Wildman–Crippen MR) is 62.1 cm³/mol. The zero-order valence-corrected chi connectivity index (χ0v) is 9.78. The van der Waals surface area contributed by atoms with Crippen LogP contribution in [0.4, 0.5) is 18.9 Å². The molecular formula is C12H14F3N2O. The first-order valence-corrected chi connectivity index (χ1v) is 5.72. The number of hydrogen-bond donors (Lipinski definition) is 0. The maximum absolute atomic E-state index is 12.0. The van der Waals surface area contributed by atoms with Crippen LogP contribution in [-0.4, -0.2) is 39.0 Å². The van der Waals surface area contributed by atoms with Crippen molar-refractivity contribution in [2.75, 3.05) is 37.7 Å². The summed E-state index contributed by atoms with van der Waals surface area (Å²) in [5.74, 6) is 0.234. The van der Waals surface area contributed by atoms with Gasteiger partial charge in [-0.15, -0.1) is 0 Å². The molecule has 3 nitrogen and oxygen atoms in total. The van der Waals surface area contributed by atoms with E-state index in [-0.39, 0.29) is 5.75 Å². The fraction of sp³-hybridized carbons (Fsp3) is 0.500. The molecule has 0 aromatic heterocycles. The van der Waals surface area contributed by atoms with Crippen molar-refractivity contribution < 1.29 is 17.9 Å². The van der Waals surface area contributed by atoms with Crippen LogP contribution in [0, 0.1) is 0 Å². The van der Waals surface area contributed by atoms with Gasteiger partial charge < -0.3 is 9.64 Å². The SMILES string of the molecule is FC(F)(F)COc1ccc(N2CC[N]CC2)cc1. The summed E-state index contributed by atoms with van der Waals surface area (Å²) in [6.45, 7) is 2.04. The Kier molecular flexibility index (Phi) is 3.96. The summed E-state index contributed by atoms with van der Waals surface area (Å²) in [6, 6.07) is 6.67. The van der Waals surface area contributed by atoms with Gasteiger partial charge in [-0.3, -0.25) is 0 Å². The number of ether oxygens (including phenoxy) is 1. The Hall–Kier alpha value is -1.43. The van der Waals surface area contributed by atoms with E-state index in [0.29, 0.717) is 0 Å². The van der Waals surface area contributed by atoms with Crippen molar-refractivity contribution in [1.82, 2.24) is 5.32 Å². The molecule has 0 atom stereocenters. The summed E-state index contributed by atoms with van der Waals surface area (Å²) >= 11 is 0. The third-order valence-corrected chi connectivity index (χ3v) is 2.66. The Bertz CT molecular complexity index is 372. The molecule has 1 aliphatic heterocycles. The lowest BCUT2D eigenvalue weighted by atomic mass is 10.2. The minimum absolute atomic E-state index is 0.234. The molecule has 6 heteroatoms. The smallest absolute Gasteiger partial charge is 0.422 e. The fourth-order valence-electron chi connectivity index (χ4n) is 1.78. The number of halogens is 3. The first-order chi connectivity index (χ1) is 8.54. The largest absolute Gasteiger partial charge is 0.484 e. The number of rotatable bonds is 3. The highest BCUT2D eigenvalue weighted by Gasteiger charge is 2.28. The lowest BCUT2D eigenvalue weighted by Gasteiger charge is -2.28. The summed E-state index contributed by atoms with van der Waals surface area (Å²) in [6.07, 6.45) is -4.30. The van der Waals surface area contributed by atoms with Gasteiger partial charge in [0.15, 0.2) is 6.61 Å². The van der Waals surface area contributed by atoms with Gasteiger partial charge in [0, 0.05) is 31.9 Å². The standard InChI is InChI=1S/C12H14F3N2O/c13-12(14,15)9-18-11-3-1-10(2-4-11)17-7-5-16-6-8-17/h1-4H,5-9H2. The van der Waals surface area contributed by atoms with E-state index in [1.165, 1.54) is 0 Å². The molecule has 1 aromatic rings. The van der Waals surface area contributed by atoms with Crippen LogP contribution in [0.3, 0.4) is 0 Å². The number of hydrogen-bond acceptors (Lipinski definition) is 2. The number of anilines is 1. The summed E-state index contributed by atoms with van der Waals surface area (Å²) in [5, 5.41) is 4.24. The molecule has 1 aliphatic rings. The predicted octanol–water partition coefficient (Wildman–Crippen LogP) is 2.05. The van der Waals surface area contributed by atoms with E-state index in [9.17, 15) is 13.2 Å². The molecule has 1 radical (unpaired) electrons. The van der Waals surface area contributed by atoms with Crippen LogP contribution < -0.4 is 15.0 Å². The van der Waals surface area contributed by atoms with E-state index < -0.39 is 12.8 Å². The van der Waals surface area contributed by atoms with Gasteiger partial charge in [-0.1, -0.05) is 0 Å². The first-order valence-electron chi connectivity index (χ1n) is 5.72. The molecule has 1 heterocycles. The minimum atomic E-state index is -4.30. The van der Waals surface area contributed by atoms with Gasteiger partial charge in [0.25, 0.3) is 0 Å². The highest BCUT2D eigenvalue weighted by atomic mass is 19.4. The van der Waals surface area contributed by atoms with Crippen molar-refractivity contribution in [1.29, 1.82) is 0 Å². The van der Waals surface area contributed by atoms with E-state index in [1.807, 2.05) is 0 Å². The number of benzene rings is 1. The van der Waals surface area contributed by atoms with Crippen molar-refractivity contribution in [3.05, 3.63) is 24.3 Å². The van der Waals surface area contributed by atoms with Gasteiger partial charge in [0.2, 0.25) is 0 Å². The lowest BCUT2D eigenvalue weighted by molar-refractivity contribution is -0.153. The summed E-state index contributed by atoms with van der Waals surface area (Å²) in [7, 11) is 0. The Labute approximate surface area is 104 Å². The molecule has 0 spiro atoms. The molecule has 0 N–H and O–H groups in total. The quantitative estimate of drug-likeness (QED) is 0.830. The summed E-state index contributed by atoms with van der Waals surface area (Å²) in [5.41, 5.74) is 0.990. The second kappa shape index (κ2) is 5.48. The molecule has 2 rings (SSSR count). The molecule has 1 aromatic carbocycles. The molecule has 0 bridgehead atoms. The second-order valence-corrected chi connectivity index (χ2v) is 4.06. The highest BCUT2D eigenvalue weighted by Crippen LogP contribution is 2.22. The van der Waals surface area contributed by atoms with Gasteiger partial charge >= 0.3 is 6.18 Å². The van der Waals surface area contributed by atoms with E-state index in [4.69, 9.17) is 0 Å². The van der Waals surface area contributed by atoms with Crippen LogP contribution in [0.2, 0.25) is 0 Å². The Morgan fingerprint density at radius 1 is 1.11 bits per heavy atom. The Balaban J connectivity index is 1.92. The average molecular weight is 259 g/mol. The van der Waals surface area contributed by atoms with Crippen LogP contribution >= 0.6 is 0 Å². The average Bonchev–Trinajstić information content (AvgIpc) is 2.37. The molecule has 99 valence electrons. The van der Waals surface area contributed by atoms with Gasteiger partial charge in [0.1, 0.15) is 5.75 Å². The maximum atomic E-state index is 12.0. The number of nitrogens with zero attached hydrogens (tertiary/aromatic N) is 2. The second-order valence-electron chi connectivity index (χ2n) is 4.06. The third kappa shape index (κ3) is 3.80. The van der Waals surface area contributed by atoms with E-state index in [2.05, 4.69) is 15.0 Å². The summed E-state index contributed by atoms with van der Waals surface area (Å²) < 4.78 is 40.6. The number of piperazine rings is 1. The van der Waals surface area contributed by atoms with Crippen molar-refractivity contribution in [2.45, 2.75) is 6.18 Å². The zero-order valence-electron chi connectivity index (χ0n) is 9.78. The van der Waals surface area contributed by atoms with Crippen LogP contribution in [-0.2, 0) is 0 Å². The van der Waals surface area contributed by atoms with Crippen LogP contribution in [0.1, 0.15) is 0 Å². The molecule has 0 aliphatic carbocycles. The fourth-order valence-corrected chi connectivity index (χ4v) is 1.78. The van der Waals surface area contributed by atoms with E-state index in [1.54, 1.807) is 24.3 Å². The topological polar surface area (TPSA) is 26.6 Å². The van der Waals surface area contributed by atoms with Crippen molar-refractivity contribution >= 4 is 5.69 Å². The Morgan fingerprint density at radius 2 is 1.72 bits per heavy atom. The minimum Gasteiger partial charge on any atom is -0.484 e. The van der Waals surface area contributed by atoms with E-state index in [0.717, 1.165) is 31.9 Å². The van der Waals surface area contributed by atoms with Gasteiger partial charge in [-0.05, 0) is 24.3 Å². The first kappa shape index (κ1) is 13.0. The lowest BCUT2D eigenvalue weighted by Crippen LogP contribution is -2.40. The van der Waals surface area contributed by atoms with Crippen molar-refractivity contribution in [3.8, 4) is 5.75 Å². The molecular weight excluding hydrogens is 245 g/mol. The van der Waals surface area contributed by atoms with Gasteiger partial charge in [0.05, 0.1) is 0 Å². The Morgan fingerprint density at radius 3 is 2.28 bits per heavy atom. The molecule has 0 saturated carbocycles. The monoisotopic (exact) mass is 259 g/mol. The zero-order chi connectivity index (χ0) is 13.0. The molecule has 1 fully saturated rings. The summed E-state index contributed by atoms with van der Waals surface area (Å²) in [4.78, 5) is 2.15. The van der Waals surface area contributed by atoms with Crippen molar-refractivity contribution in [2.24, 2.45) is 0 Å².